The number of hydrogen-bond acceptors (Lipinski definition) is 5. The van der Waals surface area contributed by atoms with E-state index >= 15 is 0 Å². The van der Waals surface area contributed by atoms with E-state index in [-0.39, 0.29) is 17.9 Å². The fourth-order valence-electron chi connectivity index (χ4n) is 4.82. The highest BCUT2D eigenvalue weighted by Gasteiger charge is 2.32. The van der Waals surface area contributed by atoms with Gasteiger partial charge in [-0.3, -0.25) is 9.59 Å². The Morgan fingerprint density at radius 1 is 1.14 bits per heavy atom. The Morgan fingerprint density at radius 2 is 1.86 bits per heavy atom. The van der Waals surface area contributed by atoms with Gasteiger partial charge in [-0.1, -0.05) is 49.7 Å². The van der Waals surface area contributed by atoms with E-state index in [4.69, 9.17) is 4.74 Å². The van der Waals surface area contributed by atoms with E-state index in [0.717, 1.165) is 28.3 Å². The molecule has 37 heavy (non-hydrogen) atoms. The number of carbonyl (C=O) groups is 2. The molecule has 1 aliphatic rings. The summed E-state index contributed by atoms with van der Waals surface area (Å²) in [5, 5.41) is 2.56. The number of thiazole rings is 1. The second-order valence-electron chi connectivity index (χ2n) is 10.0. The lowest BCUT2D eigenvalue weighted by atomic mass is 9.87. The SMILES string of the molecule is CCN(CC)C(=O)c1csc(COc2ccc3c(c2)[C@@H](c2ccc(C)cc2)N(C(=O)CC(C)C)CC3)n1. The summed E-state index contributed by atoms with van der Waals surface area (Å²) < 4.78 is 6.15. The van der Waals surface area contributed by atoms with E-state index in [9.17, 15) is 9.59 Å². The topological polar surface area (TPSA) is 62.7 Å². The van der Waals surface area contributed by atoms with Crippen molar-refractivity contribution < 1.29 is 14.3 Å². The normalized spacial score (nSPS) is 15.0. The van der Waals surface area contributed by atoms with Crippen LogP contribution in [0.25, 0.3) is 0 Å². The second-order valence-corrected chi connectivity index (χ2v) is 10.9. The van der Waals surface area contributed by atoms with Crippen LogP contribution in [-0.4, -0.2) is 46.2 Å². The van der Waals surface area contributed by atoms with E-state index in [0.29, 0.717) is 44.3 Å². The first-order chi connectivity index (χ1) is 17.8. The summed E-state index contributed by atoms with van der Waals surface area (Å²) in [7, 11) is 0. The van der Waals surface area contributed by atoms with Crippen molar-refractivity contribution in [3.63, 3.8) is 0 Å². The third-order valence-electron chi connectivity index (χ3n) is 6.83. The molecule has 4 rings (SSSR count). The van der Waals surface area contributed by atoms with Gasteiger partial charge in [0.15, 0.2) is 0 Å². The van der Waals surface area contributed by atoms with Crippen LogP contribution in [0.2, 0.25) is 0 Å². The molecule has 1 aliphatic heterocycles. The van der Waals surface area contributed by atoms with Crippen LogP contribution in [0.15, 0.2) is 47.8 Å². The first kappa shape index (κ1) is 26.9. The monoisotopic (exact) mass is 519 g/mol. The van der Waals surface area contributed by atoms with Gasteiger partial charge in [-0.05, 0) is 61.9 Å². The zero-order chi connectivity index (χ0) is 26.5. The van der Waals surface area contributed by atoms with Crippen molar-refractivity contribution in [2.75, 3.05) is 19.6 Å². The Balaban J connectivity index is 1.57. The predicted molar refractivity (Wildman–Crippen MR) is 148 cm³/mol. The molecule has 0 bridgehead atoms. The van der Waals surface area contributed by atoms with Crippen molar-refractivity contribution in [2.45, 2.75) is 60.1 Å². The fraction of sp³-hybridized carbons (Fsp3) is 0.433. The zero-order valence-corrected chi connectivity index (χ0v) is 23.3. The third kappa shape index (κ3) is 6.21. The van der Waals surface area contributed by atoms with Crippen LogP contribution < -0.4 is 4.74 Å². The van der Waals surface area contributed by atoms with E-state index in [1.807, 2.05) is 24.8 Å². The zero-order valence-electron chi connectivity index (χ0n) is 22.5. The Morgan fingerprint density at radius 3 is 2.54 bits per heavy atom. The smallest absolute Gasteiger partial charge is 0.273 e. The van der Waals surface area contributed by atoms with Crippen molar-refractivity contribution in [1.82, 2.24) is 14.8 Å². The van der Waals surface area contributed by atoms with Gasteiger partial charge in [0.25, 0.3) is 5.91 Å². The Hall–Kier alpha value is -3.19. The van der Waals surface area contributed by atoms with Gasteiger partial charge in [0, 0.05) is 31.4 Å². The number of benzene rings is 2. The van der Waals surface area contributed by atoms with Crippen molar-refractivity contribution >= 4 is 23.2 Å². The summed E-state index contributed by atoms with van der Waals surface area (Å²) >= 11 is 1.44. The average Bonchev–Trinajstić information content (AvgIpc) is 3.36. The number of amides is 2. The van der Waals surface area contributed by atoms with Crippen LogP contribution in [-0.2, 0) is 17.8 Å². The minimum atomic E-state index is -0.141. The molecule has 0 radical (unpaired) electrons. The molecule has 0 saturated heterocycles. The molecular formula is C30H37N3O3S. The fourth-order valence-corrected chi connectivity index (χ4v) is 5.50. The molecule has 2 aromatic carbocycles. The summed E-state index contributed by atoms with van der Waals surface area (Å²) in [6.07, 6.45) is 1.36. The summed E-state index contributed by atoms with van der Waals surface area (Å²) in [6, 6.07) is 14.5. The van der Waals surface area contributed by atoms with Crippen LogP contribution >= 0.6 is 11.3 Å². The van der Waals surface area contributed by atoms with Crippen molar-refractivity contribution in [2.24, 2.45) is 5.92 Å². The highest BCUT2D eigenvalue weighted by atomic mass is 32.1. The molecule has 0 aliphatic carbocycles. The van der Waals surface area contributed by atoms with Gasteiger partial charge in [-0.2, -0.15) is 0 Å². The van der Waals surface area contributed by atoms with Gasteiger partial charge in [0.05, 0.1) is 6.04 Å². The van der Waals surface area contributed by atoms with Gasteiger partial charge in [0.2, 0.25) is 5.91 Å². The van der Waals surface area contributed by atoms with E-state index in [1.54, 1.807) is 10.3 Å². The summed E-state index contributed by atoms with van der Waals surface area (Å²) in [4.78, 5) is 34.2. The molecule has 2 amide bonds. The lowest BCUT2D eigenvalue weighted by Gasteiger charge is -2.38. The standard InChI is InChI=1S/C30H37N3O3S/c1-6-32(7-2)30(35)26-19-37-27(31-26)18-36-24-13-12-22-14-15-33(28(34)16-20(3)4)29(25(22)17-24)23-10-8-21(5)9-11-23/h8-13,17,19-20,29H,6-7,14-16,18H2,1-5H3/t29-/m1/s1. The lowest BCUT2D eigenvalue weighted by Crippen LogP contribution is -2.41. The maximum atomic E-state index is 13.3. The number of aryl methyl sites for hydroxylation is 1. The summed E-state index contributed by atoms with van der Waals surface area (Å²) in [5.41, 5.74) is 5.13. The summed E-state index contributed by atoms with van der Waals surface area (Å²) in [6.45, 7) is 12.5. The summed E-state index contributed by atoms with van der Waals surface area (Å²) in [5.74, 6) is 1.18. The van der Waals surface area contributed by atoms with Gasteiger partial charge in [0.1, 0.15) is 23.1 Å². The molecule has 1 atom stereocenters. The number of rotatable bonds is 9. The van der Waals surface area contributed by atoms with Crippen LogP contribution in [0.3, 0.4) is 0 Å². The number of fused-ring (bicyclic) bond motifs is 1. The molecule has 0 unspecified atom stereocenters. The highest BCUT2D eigenvalue weighted by molar-refractivity contribution is 7.09. The molecule has 7 heteroatoms. The average molecular weight is 520 g/mol. The number of hydrogen-bond donors (Lipinski definition) is 0. The van der Waals surface area contributed by atoms with E-state index in [1.165, 1.54) is 22.5 Å². The molecule has 6 nitrogen and oxygen atoms in total. The van der Waals surface area contributed by atoms with Gasteiger partial charge >= 0.3 is 0 Å². The largest absolute Gasteiger partial charge is 0.486 e. The first-order valence-electron chi connectivity index (χ1n) is 13.2. The number of nitrogens with zero attached hydrogens (tertiary/aromatic N) is 3. The quantitative estimate of drug-likeness (QED) is 0.346. The van der Waals surface area contributed by atoms with Crippen LogP contribution in [0.5, 0.6) is 5.75 Å². The molecule has 2 heterocycles. The van der Waals surface area contributed by atoms with Crippen LogP contribution in [0.1, 0.15) is 77.9 Å². The Labute approximate surface area is 224 Å². The third-order valence-corrected chi connectivity index (χ3v) is 7.65. The predicted octanol–water partition coefficient (Wildman–Crippen LogP) is 6.03. The number of ether oxygens (including phenoxy) is 1. The van der Waals surface area contributed by atoms with Gasteiger partial charge in [-0.25, -0.2) is 4.98 Å². The first-order valence-corrected chi connectivity index (χ1v) is 14.0. The molecule has 0 spiro atoms. The lowest BCUT2D eigenvalue weighted by molar-refractivity contribution is -0.134. The number of carbonyl (C=O) groups excluding carboxylic acids is 2. The Bertz CT molecular complexity index is 1230. The highest BCUT2D eigenvalue weighted by Crippen LogP contribution is 2.38. The maximum absolute atomic E-state index is 13.3. The van der Waals surface area contributed by atoms with Crippen molar-refractivity contribution in [3.05, 3.63) is 80.8 Å². The second kappa shape index (κ2) is 11.9. The molecule has 1 aromatic heterocycles. The molecule has 196 valence electrons. The van der Waals surface area contributed by atoms with E-state index < -0.39 is 0 Å². The maximum Gasteiger partial charge on any atom is 0.273 e. The molecule has 0 fully saturated rings. The van der Waals surface area contributed by atoms with Crippen LogP contribution in [0.4, 0.5) is 0 Å². The van der Waals surface area contributed by atoms with Crippen molar-refractivity contribution in [3.8, 4) is 5.75 Å². The van der Waals surface area contributed by atoms with Gasteiger partial charge < -0.3 is 14.5 Å². The number of aromatic nitrogens is 1. The van der Waals surface area contributed by atoms with Gasteiger partial charge in [-0.15, -0.1) is 11.3 Å². The molecule has 3 aromatic rings. The molecule has 0 saturated carbocycles. The Kier molecular flexibility index (Phi) is 8.64. The van der Waals surface area contributed by atoms with Crippen LogP contribution in [0, 0.1) is 12.8 Å². The minimum absolute atomic E-state index is 0.0478. The van der Waals surface area contributed by atoms with Crippen molar-refractivity contribution in [1.29, 1.82) is 0 Å². The molecular weight excluding hydrogens is 482 g/mol. The van der Waals surface area contributed by atoms with E-state index in [2.05, 4.69) is 62.2 Å². The minimum Gasteiger partial charge on any atom is -0.486 e. The molecule has 0 N–H and O–H groups in total.